The van der Waals surface area contributed by atoms with Gasteiger partial charge in [0.05, 0.1) is 18.3 Å². The van der Waals surface area contributed by atoms with E-state index in [-0.39, 0.29) is 0 Å². The highest BCUT2D eigenvalue weighted by molar-refractivity contribution is 7.09. The van der Waals surface area contributed by atoms with E-state index < -0.39 is 0 Å². The minimum Gasteiger partial charge on any atom is -0.481 e. The second kappa shape index (κ2) is 8.76. The number of benzene rings is 1. The lowest BCUT2D eigenvalue weighted by Crippen LogP contribution is -1.98. The summed E-state index contributed by atoms with van der Waals surface area (Å²) >= 11 is 1.71. The Labute approximate surface area is 168 Å². The van der Waals surface area contributed by atoms with Crippen molar-refractivity contribution in [3.63, 3.8) is 0 Å². The van der Waals surface area contributed by atoms with Crippen molar-refractivity contribution in [2.24, 2.45) is 0 Å². The molecule has 140 valence electrons. The molecule has 0 saturated carbocycles. The van der Waals surface area contributed by atoms with Gasteiger partial charge < -0.3 is 4.74 Å². The molecule has 0 N–H and O–H groups in total. The third-order valence-electron chi connectivity index (χ3n) is 4.68. The van der Waals surface area contributed by atoms with Crippen molar-refractivity contribution < 1.29 is 4.74 Å². The first kappa shape index (κ1) is 18.3. The molecule has 0 spiro atoms. The summed E-state index contributed by atoms with van der Waals surface area (Å²) in [6, 6.07) is 16.8. The van der Waals surface area contributed by atoms with Crippen LogP contribution >= 0.6 is 11.3 Å². The standard InChI is InChI=1S/C23H21N3OS/c1-27-23-21(5-3-13-26-23)20-4-2-12-25-22(20)14-18-8-6-17(7-9-18)10-11-19-15-24-16-28-19/h2-9,12-13,15-16H,10-11,14H2,1H3. The normalized spacial score (nSPS) is 10.8. The van der Waals surface area contributed by atoms with Gasteiger partial charge in [-0.2, -0.15) is 0 Å². The van der Waals surface area contributed by atoms with Gasteiger partial charge >= 0.3 is 0 Å². The molecule has 4 nitrogen and oxygen atoms in total. The SMILES string of the molecule is COc1ncccc1-c1cccnc1Cc1ccc(CCc2cncs2)cc1. The Kier molecular flexibility index (Phi) is 5.73. The third kappa shape index (κ3) is 4.26. The van der Waals surface area contributed by atoms with E-state index in [1.165, 1.54) is 16.0 Å². The average Bonchev–Trinajstić information content (AvgIpc) is 3.27. The largest absolute Gasteiger partial charge is 0.481 e. The fraction of sp³-hybridized carbons (Fsp3) is 0.174. The van der Waals surface area contributed by atoms with E-state index in [4.69, 9.17) is 4.74 Å². The Balaban J connectivity index is 1.52. The van der Waals surface area contributed by atoms with Gasteiger partial charge in [-0.1, -0.05) is 30.3 Å². The second-order valence-corrected chi connectivity index (χ2v) is 7.49. The Bertz CT molecular complexity index is 1030. The van der Waals surface area contributed by atoms with E-state index >= 15 is 0 Å². The fourth-order valence-electron chi connectivity index (χ4n) is 3.23. The maximum Gasteiger partial charge on any atom is 0.221 e. The number of methoxy groups -OCH3 is 1. The molecule has 0 aliphatic heterocycles. The molecule has 0 aliphatic rings. The van der Waals surface area contributed by atoms with Gasteiger partial charge in [0, 0.05) is 41.0 Å². The monoisotopic (exact) mass is 387 g/mol. The minimum absolute atomic E-state index is 0.621. The van der Waals surface area contributed by atoms with Crippen molar-refractivity contribution in [1.82, 2.24) is 15.0 Å². The lowest BCUT2D eigenvalue weighted by Gasteiger charge is -2.11. The molecular formula is C23H21N3OS. The van der Waals surface area contributed by atoms with E-state index in [1.54, 1.807) is 24.6 Å². The molecule has 5 heteroatoms. The number of pyridine rings is 2. The van der Waals surface area contributed by atoms with Crippen LogP contribution in [0.4, 0.5) is 0 Å². The molecule has 0 aliphatic carbocycles. The Hall–Kier alpha value is -3.05. The van der Waals surface area contributed by atoms with Gasteiger partial charge in [-0.25, -0.2) is 4.98 Å². The van der Waals surface area contributed by atoms with Crippen molar-refractivity contribution in [3.05, 3.63) is 94.3 Å². The Morgan fingerprint density at radius 1 is 0.857 bits per heavy atom. The molecule has 0 radical (unpaired) electrons. The van der Waals surface area contributed by atoms with Crippen molar-refractivity contribution >= 4 is 11.3 Å². The quantitative estimate of drug-likeness (QED) is 0.448. The highest BCUT2D eigenvalue weighted by Gasteiger charge is 2.12. The van der Waals surface area contributed by atoms with Crippen molar-refractivity contribution in [2.45, 2.75) is 19.3 Å². The number of aromatic nitrogens is 3. The van der Waals surface area contributed by atoms with Crippen LogP contribution in [0.3, 0.4) is 0 Å². The fourth-order valence-corrected chi connectivity index (χ4v) is 3.83. The van der Waals surface area contributed by atoms with E-state index in [1.807, 2.05) is 36.1 Å². The summed E-state index contributed by atoms with van der Waals surface area (Å²) in [5.74, 6) is 0.621. The zero-order valence-corrected chi connectivity index (χ0v) is 16.5. The number of nitrogens with zero attached hydrogens (tertiary/aromatic N) is 3. The Morgan fingerprint density at radius 2 is 1.61 bits per heavy atom. The first-order valence-corrected chi connectivity index (χ1v) is 10.1. The van der Waals surface area contributed by atoms with Crippen LogP contribution in [0.1, 0.15) is 21.7 Å². The molecule has 1 aromatic carbocycles. The molecule has 0 bridgehead atoms. The van der Waals surface area contributed by atoms with Gasteiger partial charge in [0.25, 0.3) is 0 Å². The molecular weight excluding hydrogens is 366 g/mol. The van der Waals surface area contributed by atoms with Crippen LogP contribution in [-0.2, 0) is 19.3 Å². The maximum absolute atomic E-state index is 5.44. The van der Waals surface area contributed by atoms with Crippen molar-refractivity contribution in [2.75, 3.05) is 7.11 Å². The molecule has 0 amide bonds. The molecule has 0 unspecified atom stereocenters. The first-order valence-electron chi connectivity index (χ1n) is 9.22. The predicted octanol–water partition coefficient (Wildman–Crippen LogP) is 4.98. The molecule has 3 aromatic heterocycles. The molecule has 0 fully saturated rings. The van der Waals surface area contributed by atoms with Crippen LogP contribution in [0.5, 0.6) is 5.88 Å². The van der Waals surface area contributed by atoms with Gasteiger partial charge in [-0.15, -0.1) is 11.3 Å². The second-order valence-electron chi connectivity index (χ2n) is 6.52. The number of ether oxygens (including phenoxy) is 1. The number of rotatable bonds is 7. The smallest absolute Gasteiger partial charge is 0.221 e. The summed E-state index contributed by atoms with van der Waals surface area (Å²) in [5.41, 5.74) is 7.51. The van der Waals surface area contributed by atoms with Gasteiger partial charge in [0.15, 0.2) is 0 Å². The van der Waals surface area contributed by atoms with E-state index in [2.05, 4.69) is 45.3 Å². The molecule has 4 rings (SSSR count). The van der Waals surface area contributed by atoms with Crippen LogP contribution in [0, 0.1) is 0 Å². The predicted molar refractivity (Wildman–Crippen MR) is 113 cm³/mol. The molecule has 3 heterocycles. The maximum atomic E-state index is 5.44. The lowest BCUT2D eigenvalue weighted by atomic mass is 9.99. The highest BCUT2D eigenvalue weighted by atomic mass is 32.1. The third-order valence-corrected chi connectivity index (χ3v) is 5.52. The summed E-state index contributed by atoms with van der Waals surface area (Å²) in [6.45, 7) is 0. The first-order chi connectivity index (χ1) is 13.8. The molecule has 0 saturated heterocycles. The van der Waals surface area contributed by atoms with Crippen molar-refractivity contribution in [1.29, 1.82) is 0 Å². The number of thiazole rings is 1. The zero-order chi connectivity index (χ0) is 19.2. The molecule has 0 atom stereocenters. The van der Waals surface area contributed by atoms with Crippen LogP contribution < -0.4 is 4.74 Å². The van der Waals surface area contributed by atoms with Crippen molar-refractivity contribution in [3.8, 4) is 17.0 Å². The summed E-state index contributed by atoms with van der Waals surface area (Å²) in [4.78, 5) is 14.4. The number of hydrogen-bond donors (Lipinski definition) is 0. The highest BCUT2D eigenvalue weighted by Crippen LogP contribution is 2.30. The summed E-state index contributed by atoms with van der Waals surface area (Å²) in [5, 5.41) is 0. The lowest BCUT2D eigenvalue weighted by molar-refractivity contribution is 0.399. The topological polar surface area (TPSA) is 47.9 Å². The summed E-state index contributed by atoms with van der Waals surface area (Å²) < 4.78 is 5.44. The van der Waals surface area contributed by atoms with Gasteiger partial charge in [0.1, 0.15) is 0 Å². The average molecular weight is 388 g/mol. The van der Waals surface area contributed by atoms with Crippen LogP contribution in [-0.4, -0.2) is 22.1 Å². The van der Waals surface area contributed by atoms with Gasteiger partial charge in [0.2, 0.25) is 5.88 Å². The number of aryl methyl sites for hydroxylation is 2. The van der Waals surface area contributed by atoms with Crippen LogP contribution in [0.15, 0.2) is 72.6 Å². The van der Waals surface area contributed by atoms with E-state index in [0.717, 1.165) is 36.1 Å². The van der Waals surface area contributed by atoms with E-state index in [0.29, 0.717) is 5.88 Å². The minimum atomic E-state index is 0.621. The summed E-state index contributed by atoms with van der Waals surface area (Å²) in [7, 11) is 1.65. The Morgan fingerprint density at radius 3 is 2.36 bits per heavy atom. The van der Waals surface area contributed by atoms with Crippen LogP contribution in [0.2, 0.25) is 0 Å². The van der Waals surface area contributed by atoms with E-state index in [9.17, 15) is 0 Å². The van der Waals surface area contributed by atoms with Crippen LogP contribution in [0.25, 0.3) is 11.1 Å². The zero-order valence-electron chi connectivity index (χ0n) is 15.7. The number of hydrogen-bond acceptors (Lipinski definition) is 5. The van der Waals surface area contributed by atoms with Gasteiger partial charge in [-0.3, -0.25) is 9.97 Å². The van der Waals surface area contributed by atoms with Gasteiger partial charge in [-0.05, 0) is 42.2 Å². The molecule has 28 heavy (non-hydrogen) atoms. The molecule has 4 aromatic rings. The summed E-state index contributed by atoms with van der Waals surface area (Å²) in [6.07, 6.45) is 8.37.